The summed E-state index contributed by atoms with van der Waals surface area (Å²) >= 11 is 0. The number of allylic oxidation sites excluding steroid dienone is 1. The first-order valence-electron chi connectivity index (χ1n) is 16.5. The monoisotopic (exact) mass is 629 g/mol. The van der Waals surface area contributed by atoms with Gasteiger partial charge in [-0.25, -0.2) is 15.0 Å². The summed E-state index contributed by atoms with van der Waals surface area (Å²) in [5.41, 5.74) is 5.25. The third-order valence-corrected chi connectivity index (χ3v) is 9.50. The predicted octanol–water partition coefficient (Wildman–Crippen LogP) is 7.91. The first-order valence-corrected chi connectivity index (χ1v) is 16.5. The van der Waals surface area contributed by atoms with Gasteiger partial charge in [-0.3, -0.25) is 0 Å². The number of aromatic nitrogens is 3. The van der Waals surface area contributed by atoms with Crippen molar-refractivity contribution in [3.8, 4) is 22.8 Å². The zero-order chi connectivity index (χ0) is 32.9. The van der Waals surface area contributed by atoms with Crippen molar-refractivity contribution in [3.05, 3.63) is 166 Å². The van der Waals surface area contributed by atoms with Crippen molar-refractivity contribution >= 4 is 62.9 Å². The van der Waals surface area contributed by atoms with Crippen LogP contribution in [0.15, 0.2) is 138 Å². The molecule has 0 saturated carbocycles. The first-order chi connectivity index (χ1) is 24.1. The lowest BCUT2D eigenvalue weighted by Gasteiger charge is -2.16. The van der Waals surface area contributed by atoms with E-state index >= 15 is 0 Å². The van der Waals surface area contributed by atoms with E-state index in [1.165, 1.54) is 15.8 Å². The van der Waals surface area contributed by atoms with Gasteiger partial charge >= 0.3 is 0 Å². The van der Waals surface area contributed by atoms with E-state index in [4.69, 9.17) is 19.4 Å². The number of para-hydroxylation sites is 1. The van der Waals surface area contributed by atoms with Gasteiger partial charge in [0.05, 0.1) is 0 Å². The Morgan fingerprint density at radius 2 is 1.39 bits per heavy atom. The average Bonchev–Trinajstić information content (AvgIpc) is 3.47. The molecule has 232 valence electrons. The van der Waals surface area contributed by atoms with E-state index in [0.29, 0.717) is 17.1 Å². The summed E-state index contributed by atoms with van der Waals surface area (Å²) in [6.07, 6.45) is 7.47. The van der Waals surface area contributed by atoms with E-state index in [2.05, 4.69) is 141 Å². The molecule has 8 aromatic rings. The van der Waals surface area contributed by atoms with Crippen LogP contribution >= 0.6 is 0 Å². The fourth-order valence-electron chi connectivity index (χ4n) is 7.00. The Morgan fingerprint density at radius 1 is 0.673 bits per heavy atom. The largest absolute Gasteiger partial charge is 0.457 e. The summed E-state index contributed by atoms with van der Waals surface area (Å²) < 4.78 is 5.94. The molecule has 1 aliphatic rings. The fraction of sp³-hybridized carbons (Fsp3) is 0.0444. The highest BCUT2D eigenvalue weighted by Crippen LogP contribution is 2.34. The molecule has 6 aromatic carbocycles. The van der Waals surface area contributed by atoms with Crippen LogP contribution in [0.4, 0.5) is 0 Å². The quantitative estimate of drug-likeness (QED) is 0.194. The number of hydrogen-bond donors (Lipinski definition) is 0. The second-order valence-corrected chi connectivity index (χ2v) is 12.6. The van der Waals surface area contributed by atoms with Crippen LogP contribution in [-0.4, -0.2) is 15.0 Å². The number of benzene rings is 6. The van der Waals surface area contributed by atoms with Gasteiger partial charge in [-0.15, -0.1) is 0 Å². The Bertz CT molecular complexity index is 2870. The zero-order valence-corrected chi connectivity index (χ0v) is 26.8. The Balaban J connectivity index is 1.22. The Morgan fingerprint density at radius 3 is 2.27 bits per heavy atom. The predicted molar refractivity (Wildman–Crippen MR) is 202 cm³/mol. The number of hydrogen-bond acceptors (Lipinski definition) is 4. The SMILES string of the molecule is C=C(/C=c1\c(=C)oc2ccccc12)c1ccc(-c2nc(-c3ccc4ccccc4c3)nc([C@@H]3C=c4ccccc4=CC3)n2)c2ccccc12. The van der Waals surface area contributed by atoms with E-state index in [0.717, 1.165) is 66.9 Å². The maximum Gasteiger partial charge on any atom is 0.164 e. The van der Waals surface area contributed by atoms with E-state index < -0.39 is 0 Å². The number of furan rings is 1. The Hall–Kier alpha value is -6.39. The van der Waals surface area contributed by atoms with Crippen molar-refractivity contribution in [1.82, 2.24) is 15.0 Å². The van der Waals surface area contributed by atoms with Gasteiger partial charge in [0.1, 0.15) is 16.8 Å². The molecule has 0 amide bonds. The molecule has 49 heavy (non-hydrogen) atoms. The van der Waals surface area contributed by atoms with Crippen LogP contribution in [0.2, 0.25) is 0 Å². The molecule has 9 rings (SSSR count). The zero-order valence-electron chi connectivity index (χ0n) is 26.8. The van der Waals surface area contributed by atoms with Crippen LogP contribution in [0.3, 0.4) is 0 Å². The van der Waals surface area contributed by atoms with Crippen molar-refractivity contribution < 1.29 is 4.42 Å². The van der Waals surface area contributed by atoms with E-state index in [-0.39, 0.29) is 5.92 Å². The molecule has 4 nitrogen and oxygen atoms in total. The average molecular weight is 630 g/mol. The standard InChI is InChI=1S/C45H31N3O/c1-28(25-41-29(2)49-42-18-10-9-17-39(41)42)36-23-24-40(38-16-8-7-15-37(36)38)45-47-43(34-21-19-30-11-3-5-13-32(30)26-34)46-44(48-45)35-22-20-31-12-4-6-14-33(31)27-35/h3-21,23-27,35H,1-2,22H2/b41-25+/t35-/m0/s1. The summed E-state index contributed by atoms with van der Waals surface area (Å²) in [5.74, 6) is 2.11. The maximum absolute atomic E-state index is 5.94. The highest BCUT2D eigenvalue weighted by Gasteiger charge is 2.20. The Kier molecular flexibility index (Phi) is 6.87. The molecule has 0 aliphatic heterocycles. The van der Waals surface area contributed by atoms with Crippen LogP contribution in [-0.2, 0) is 0 Å². The highest BCUT2D eigenvalue weighted by molar-refractivity contribution is 6.06. The molecule has 0 unspecified atom stereocenters. The molecule has 0 N–H and O–H groups in total. The van der Waals surface area contributed by atoms with Gasteiger partial charge in [0.2, 0.25) is 0 Å². The van der Waals surface area contributed by atoms with E-state index in [1.54, 1.807) is 0 Å². The summed E-state index contributed by atoms with van der Waals surface area (Å²) in [6.45, 7) is 8.66. The number of rotatable bonds is 5. The van der Waals surface area contributed by atoms with Crippen molar-refractivity contribution in [3.63, 3.8) is 0 Å². The van der Waals surface area contributed by atoms with Crippen LogP contribution in [0.5, 0.6) is 0 Å². The van der Waals surface area contributed by atoms with Crippen molar-refractivity contribution in [2.75, 3.05) is 0 Å². The minimum atomic E-state index is 0.0254. The van der Waals surface area contributed by atoms with E-state index in [9.17, 15) is 0 Å². The molecule has 0 radical (unpaired) electrons. The molecule has 1 aliphatic carbocycles. The molecule has 0 saturated heterocycles. The van der Waals surface area contributed by atoms with Gasteiger partial charge in [-0.05, 0) is 73.8 Å². The minimum Gasteiger partial charge on any atom is -0.457 e. The fourth-order valence-corrected chi connectivity index (χ4v) is 7.00. The van der Waals surface area contributed by atoms with E-state index in [1.807, 2.05) is 18.2 Å². The van der Waals surface area contributed by atoms with Crippen molar-refractivity contribution in [2.45, 2.75) is 12.3 Å². The topological polar surface area (TPSA) is 51.8 Å². The lowest BCUT2D eigenvalue weighted by molar-refractivity contribution is 0.577. The van der Waals surface area contributed by atoms with Crippen LogP contribution in [0.25, 0.3) is 85.7 Å². The normalized spacial score (nSPS) is 14.4. The van der Waals surface area contributed by atoms with Gasteiger partial charge in [-0.1, -0.05) is 135 Å². The molecule has 0 spiro atoms. The van der Waals surface area contributed by atoms with Gasteiger partial charge in [0.15, 0.2) is 11.6 Å². The smallest absolute Gasteiger partial charge is 0.164 e. The summed E-state index contributed by atoms with van der Waals surface area (Å²) in [5, 5.41) is 8.86. The molecule has 4 heteroatoms. The molecule has 2 heterocycles. The highest BCUT2D eigenvalue weighted by atomic mass is 16.3. The van der Waals surface area contributed by atoms with Gasteiger partial charge in [0.25, 0.3) is 0 Å². The van der Waals surface area contributed by atoms with Crippen LogP contribution in [0, 0.1) is 0 Å². The summed E-state index contributed by atoms with van der Waals surface area (Å²) in [7, 11) is 0. The van der Waals surface area contributed by atoms with Gasteiger partial charge in [0, 0.05) is 27.6 Å². The number of nitrogens with zero attached hydrogens (tertiary/aromatic N) is 3. The molecule has 0 bridgehead atoms. The third-order valence-electron chi connectivity index (χ3n) is 9.50. The van der Waals surface area contributed by atoms with Crippen molar-refractivity contribution in [2.24, 2.45) is 0 Å². The third kappa shape index (κ3) is 5.15. The number of fused-ring (bicyclic) bond motifs is 4. The summed E-state index contributed by atoms with van der Waals surface area (Å²) in [4.78, 5) is 15.5. The van der Waals surface area contributed by atoms with Crippen LogP contribution in [0.1, 0.15) is 23.7 Å². The maximum atomic E-state index is 5.94. The minimum absolute atomic E-state index is 0.0254. The van der Waals surface area contributed by atoms with Gasteiger partial charge < -0.3 is 4.42 Å². The molecule has 2 aromatic heterocycles. The summed E-state index contributed by atoms with van der Waals surface area (Å²) in [6, 6.07) is 43.9. The van der Waals surface area contributed by atoms with Crippen molar-refractivity contribution in [1.29, 1.82) is 0 Å². The molecular weight excluding hydrogens is 599 g/mol. The molecular formula is C45H31N3O. The van der Waals surface area contributed by atoms with Crippen LogP contribution < -0.4 is 21.1 Å². The lowest BCUT2D eigenvalue weighted by Crippen LogP contribution is -2.28. The lowest BCUT2D eigenvalue weighted by atomic mass is 9.94. The molecule has 1 atom stereocenters. The second kappa shape index (κ2) is 11.7. The Labute approximate surface area is 283 Å². The first kappa shape index (κ1) is 28.8. The van der Waals surface area contributed by atoms with Gasteiger partial charge in [-0.2, -0.15) is 0 Å². The second-order valence-electron chi connectivity index (χ2n) is 12.6. The molecule has 0 fully saturated rings.